The van der Waals surface area contributed by atoms with Crippen LogP contribution >= 0.6 is 0 Å². The molecule has 0 radical (unpaired) electrons. The van der Waals surface area contributed by atoms with Crippen LogP contribution in [0.15, 0.2) is 24.3 Å². The van der Waals surface area contributed by atoms with E-state index in [1.54, 1.807) is 14.2 Å². The monoisotopic (exact) mass is 267 g/mol. The molecule has 1 rings (SSSR count). The van der Waals surface area contributed by atoms with Crippen molar-refractivity contribution >= 4 is 5.97 Å². The van der Waals surface area contributed by atoms with Crippen LogP contribution < -0.4 is 5.32 Å². The van der Waals surface area contributed by atoms with Crippen molar-refractivity contribution in [3.63, 3.8) is 0 Å². The van der Waals surface area contributed by atoms with E-state index in [1.807, 2.05) is 31.2 Å². The predicted molar refractivity (Wildman–Crippen MR) is 71.5 cm³/mol. The van der Waals surface area contributed by atoms with E-state index >= 15 is 0 Å². The minimum absolute atomic E-state index is 0.168. The Kier molecular flexibility index (Phi) is 5.95. The van der Waals surface area contributed by atoms with E-state index < -0.39 is 5.79 Å². The Morgan fingerprint density at radius 1 is 1.21 bits per heavy atom. The summed E-state index contributed by atoms with van der Waals surface area (Å²) in [4.78, 5) is 11.1. The number of hydrogen-bond acceptors (Lipinski definition) is 5. The van der Waals surface area contributed by atoms with Crippen molar-refractivity contribution in [2.24, 2.45) is 0 Å². The van der Waals surface area contributed by atoms with Crippen LogP contribution in [0.5, 0.6) is 0 Å². The molecule has 0 atom stereocenters. The second-order valence-corrected chi connectivity index (χ2v) is 4.19. The van der Waals surface area contributed by atoms with Crippen LogP contribution in [-0.4, -0.2) is 33.8 Å². The molecule has 106 valence electrons. The second-order valence-electron chi connectivity index (χ2n) is 4.19. The summed E-state index contributed by atoms with van der Waals surface area (Å²) in [7, 11) is 4.56. The van der Waals surface area contributed by atoms with Gasteiger partial charge in [0, 0.05) is 26.3 Å². The molecule has 0 unspecified atom stereocenters. The Bertz CT molecular complexity index is 416. The number of rotatable bonds is 7. The highest BCUT2D eigenvalue weighted by molar-refractivity contribution is 5.71. The van der Waals surface area contributed by atoms with Crippen molar-refractivity contribution in [3.05, 3.63) is 35.4 Å². The lowest BCUT2D eigenvalue weighted by molar-refractivity contribution is -0.202. The number of methoxy groups -OCH3 is 3. The molecule has 0 fully saturated rings. The summed E-state index contributed by atoms with van der Waals surface area (Å²) in [5.74, 6) is -1.09. The summed E-state index contributed by atoms with van der Waals surface area (Å²) in [5.41, 5.74) is 1.94. The minimum Gasteiger partial charge on any atom is -0.468 e. The van der Waals surface area contributed by atoms with Crippen molar-refractivity contribution < 1.29 is 19.0 Å². The number of carbonyl (C=O) groups excluding carboxylic acids is 1. The lowest BCUT2D eigenvalue weighted by Gasteiger charge is -2.29. The quantitative estimate of drug-likeness (QED) is 0.598. The van der Waals surface area contributed by atoms with Gasteiger partial charge in [-0.15, -0.1) is 0 Å². The molecule has 19 heavy (non-hydrogen) atoms. The van der Waals surface area contributed by atoms with Crippen LogP contribution in [0.25, 0.3) is 0 Å². The number of hydrogen-bond donors (Lipinski definition) is 1. The smallest absolute Gasteiger partial charge is 0.319 e. The molecule has 5 heteroatoms. The summed E-state index contributed by atoms with van der Waals surface area (Å²) in [6.45, 7) is 2.56. The predicted octanol–water partition coefficient (Wildman–Crippen LogP) is 1.41. The van der Waals surface area contributed by atoms with E-state index in [-0.39, 0.29) is 12.5 Å². The fourth-order valence-corrected chi connectivity index (χ4v) is 1.79. The van der Waals surface area contributed by atoms with Gasteiger partial charge in [-0.2, -0.15) is 0 Å². The van der Waals surface area contributed by atoms with Crippen molar-refractivity contribution in [2.45, 2.75) is 19.3 Å². The number of carbonyl (C=O) groups is 1. The van der Waals surface area contributed by atoms with Gasteiger partial charge in [0.15, 0.2) is 5.79 Å². The Morgan fingerprint density at radius 3 is 2.42 bits per heavy atom. The lowest BCUT2D eigenvalue weighted by Crippen LogP contribution is -2.30. The standard InChI is InChI=1S/C14H21NO4/c1-14(18-3,19-4)12-8-6-5-7-11(12)9-15-10-13(16)17-2/h5-8,15H,9-10H2,1-4H3. The van der Waals surface area contributed by atoms with Crippen molar-refractivity contribution in [1.29, 1.82) is 0 Å². The summed E-state index contributed by atoms with van der Waals surface area (Å²) in [6, 6.07) is 7.78. The van der Waals surface area contributed by atoms with E-state index in [4.69, 9.17) is 9.47 Å². The number of esters is 1. The van der Waals surface area contributed by atoms with Gasteiger partial charge < -0.3 is 19.5 Å². The molecule has 0 aliphatic heterocycles. The SMILES string of the molecule is COC(=O)CNCc1ccccc1C(C)(OC)OC. The van der Waals surface area contributed by atoms with Crippen LogP contribution in [0.2, 0.25) is 0 Å². The van der Waals surface area contributed by atoms with E-state index in [0.717, 1.165) is 11.1 Å². The molecule has 0 amide bonds. The first kappa shape index (κ1) is 15.6. The zero-order valence-electron chi connectivity index (χ0n) is 11.9. The third kappa shape index (κ3) is 4.02. The Balaban J connectivity index is 2.81. The molecule has 0 aliphatic rings. The van der Waals surface area contributed by atoms with E-state index in [0.29, 0.717) is 6.54 Å². The summed E-state index contributed by atoms with van der Waals surface area (Å²) in [5, 5.41) is 3.03. The fourth-order valence-electron chi connectivity index (χ4n) is 1.79. The topological polar surface area (TPSA) is 56.8 Å². The van der Waals surface area contributed by atoms with Gasteiger partial charge in [-0.1, -0.05) is 24.3 Å². The molecule has 1 aromatic rings. The molecule has 0 spiro atoms. The Labute approximate surface area is 113 Å². The first-order chi connectivity index (χ1) is 9.07. The molecule has 1 aromatic carbocycles. The first-order valence-corrected chi connectivity index (χ1v) is 6.03. The zero-order chi connectivity index (χ0) is 14.3. The molecule has 0 aliphatic carbocycles. The largest absolute Gasteiger partial charge is 0.468 e. The second kappa shape index (κ2) is 7.23. The minimum atomic E-state index is -0.802. The number of nitrogens with one attached hydrogen (secondary N) is 1. The molecule has 0 heterocycles. The van der Waals surface area contributed by atoms with Gasteiger partial charge in [0.05, 0.1) is 13.7 Å². The van der Waals surface area contributed by atoms with Crippen LogP contribution in [-0.2, 0) is 31.3 Å². The van der Waals surface area contributed by atoms with Gasteiger partial charge in [0.1, 0.15) is 0 Å². The molecular formula is C14H21NO4. The molecule has 0 aromatic heterocycles. The highest BCUT2D eigenvalue weighted by Crippen LogP contribution is 2.28. The van der Waals surface area contributed by atoms with Gasteiger partial charge in [-0.25, -0.2) is 0 Å². The average molecular weight is 267 g/mol. The lowest BCUT2D eigenvalue weighted by atomic mass is 10.00. The summed E-state index contributed by atoms with van der Waals surface area (Å²) < 4.78 is 15.4. The van der Waals surface area contributed by atoms with Crippen LogP contribution in [0.4, 0.5) is 0 Å². The summed E-state index contributed by atoms with van der Waals surface area (Å²) >= 11 is 0. The first-order valence-electron chi connectivity index (χ1n) is 6.03. The molecule has 0 bridgehead atoms. The van der Waals surface area contributed by atoms with Gasteiger partial charge in [0.25, 0.3) is 0 Å². The van der Waals surface area contributed by atoms with Gasteiger partial charge in [0.2, 0.25) is 0 Å². The zero-order valence-corrected chi connectivity index (χ0v) is 11.9. The molecule has 1 N–H and O–H groups in total. The maximum absolute atomic E-state index is 11.1. The van der Waals surface area contributed by atoms with E-state index in [9.17, 15) is 4.79 Å². The average Bonchev–Trinajstić information content (AvgIpc) is 2.46. The maximum atomic E-state index is 11.1. The van der Waals surface area contributed by atoms with Gasteiger partial charge in [-0.05, 0) is 12.5 Å². The highest BCUT2D eigenvalue weighted by atomic mass is 16.7. The van der Waals surface area contributed by atoms with E-state index in [2.05, 4.69) is 10.1 Å². The van der Waals surface area contributed by atoms with Gasteiger partial charge in [-0.3, -0.25) is 4.79 Å². The van der Waals surface area contributed by atoms with Crippen LogP contribution in [0.3, 0.4) is 0 Å². The molecule has 0 saturated carbocycles. The van der Waals surface area contributed by atoms with Gasteiger partial charge >= 0.3 is 5.97 Å². The Morgan fingerprint density at radius 2 is 1.84 bits per heavy atom. The fraction of sp³-hybridized carbons (Fsp3) is 0.500. The van der Waals surface area contributed by atoms with Crippen molar-refractivity contribution in [2.75, 3.05) is 27.9 Å². The van der Waals surface area contributed by atoms with E-state index in [1.165, 1.54) is 7.11 Å². The maximum Gasteiger partial charge on any atom is 0.319 e. The van der Waals surface area contributed by atoms with Crippen molar-refractivity contribution in [1.82, 2.24) is 5.32 Å². The molecule has 0 saturated heterocycles. The third-order valence-corrected chi connectivity index (χ3v) is 3.10. The van der Waals surface area contributed by atoms with Crippen LogP contribution in [0, 0.1) is 0 Å². The third-order valence-electron chi connectivity index (χ3n) is 3.10. The summed E-state index contributed by atoms with van der Waals surface area (Å²) in [6.07, 6.45) is 0. The number of ether oxygens (including phenoxy) is 3. The molecular weight excluding hydrogens is 246 g/mol. The Hall–Kier alpha value is -1.43. The highest BCUT2D eigenvalue weighted by Gasteiger charge is 2.27. The molecule has 5 nitrogen and oxygen atoms in total. The van der Waals surface area contributed by atoms with Crippen molar-refractivity contribution in [3.8, 4) is 0 Å². The normalized spacial score (nSPS) is 11.4. The number of benzene rings is 1. The van der Waals surface area contributed by atoms with Crippen LogP contribution in [0.1, 0.15) is 18.1 Å².